The number of para-hydroxylation sites is 1. The summed E-state index contributed by atoms with van der Waals surface area (Å²) < 4.78 is 7.56. The van der Waals surface area contributed by atoms with Crippen LogP contribution in [0.1, 0.15) is 44.8 Å². The van der Waals surface area contributed by atoms with Gasteiger partial charge < -0.3 is 19.7 Å². The molecule has 158 valence electrons. The van der Waals surface area contributed by atoms with Gasteiger partial charge in [0, 0.05) is 50.2 Å². The van der Waals surface area contributed by atoms with E-state index < -0.39 is 0 Å². The molecule has 0 bridgehead atoms. The molecule has 0 radical (unpaired) electrons. The van der Waals surface area contributed by atoms with E-state index in [2.05, 4.69) is 87.6 Å². The number of halogens is 1. The van der Waals surface area contributed by atoms with Gasteiger partial charge in [0.2, 0.25) is 5.89 Å². The Kier molecular flexibility index (Phi) is 9.43. The van der Waals surface area contributed by atoms with Gasteiger partial charge >= 0.3 is 0 Å². The molecule has 2 heterocycles. The van der Waals surface area contributed by atoms with Crippen LogP contribution < -0.4 is 10.6 Å². The second-order valence-electron chi connectivity index (χ2n) is 7.06. The number of hydrogen-bond acceptors (Lipinski definition) is 4. The predicted molar refractivity (Wildman–Crippen MR) is 128 cm³/mol. The fourth-order valence-electron chi connectivity index (χ4n) is 3.00. The zero-order valence-electron chi connectivity index (χ0n) is 17.4. The first-order valence-corrected chi connectivity index (χ1v) is 10.1. The maximum atomic E-state index is 5.28. The maximum Gasteiger partial charge on any atom is 0.228 e. The largest absolute Gasteiger partial charge is 0.357 e. The Morgan fingerprint density at radius 2 is 2.03 bits per heavy atom. The fraction of sp³-hybridized carbons (Fsp3) is 0.476. The SMILES string of the molecule is CCNC(=NCCCn1ccc2ccccc21)NCCc1nc(C(C)C)no1.I. The first-order valence-electron chi connectivity index (χ1n) is 10.1. The van der Waals surface area contributed by atoms with Gasteiger partial charge in [-0.15, -0.1) is 24.0 Å². The molecule has 0 saturated heterocycles. The normalized spacial score (nSPS) is 11.7. The van der Waals surface area contributed by atoms with E-state index in [4.69, 9.17) is 4.52 Å². The van der Waals surface area contributed by atoms with Gasteiger partial charge in [0.25, 0.3) is 0 Å². The van der Waals surface area contributed by atoms with Gasteiger partial charge in [-0.1, -0.05) is 37.2 Å². The molecule has 0 aliphatic heterocycles. The quantitative estimate of drug-likeness (QED) is 0.197. The summed E-state index contributed by atoms with van der Waals surface area (Å²) >= 11 is 0. The highest BCUT2D eigenvalue weighted by molar-refractivity contribution is 14.0. The van der Waals surface area contributed by atoms with Crippen molar-refractivity contribution in [3.8, 4) is 0 Å². The average Bonchev–Trinajstić information content (AvgIpc) is 3.32. The molecule has 2 aromatic heterocycles. The minimum absolute atomic E-state index is 0. The molecule has 0 aliphatic rings. The number of guanidine groups is 1. The predicted octanol–water partition coefficient (Wildman–Crippen LogP) is 3.95. The zero-order chi connectivity index (χ0) is 19.8. The molecule has 0 saturated carbocycles. The number of nitrogens with one attached hydrogen (secondary N) is 2. The maximum absolute atomic E-state index is 5.28. The monoisotopic (exact) mass is 510 g/mol. The number of aryl methyl sites for hydroxylation is 1. The Labute approximate surface area is 189 Å². The number of rotatable bonds is 9. The second kappa shape index (κ2) is 11.8. The van der Waals surface area contributed by atoms with Crippen LogP contribution in [-0.2, 0) is 13.0 Å². The van der Waals surface area contributed by atoms with Crippen molar-refractivity contribution < 1.29 is 4.52 Å². The highest BCUT2D eigenvalue weighted by Crippen LogP contribution is 2.15. The van der Waals surface area contributed by atoms with Gasteiger partial charge in [-0.05, 0) is 30.9 Å². The smallest absolute Gasteiger partial charge is 0.228 e. The standard InChI is InChI=1S/C21H30N6O.HI/c1-4-22-21(24-13-10-19-25-20(16(2)3)26-28-19)23-12-7-14-27-15-11-17-8-5-6-9-18(17)27;/h5-6,8-9,11,15-16H,4,7,10,12-14H2,1-3H3,(H2,22,23,24);1H. The van der Waals surface area contributed by atoms with Crippen molar-refractivity contribution >= 4 is 40.8 Å². The van der Waals surface area contributed by atoms with Crippen LogP contribution in [0.3, 0.4) is 0 Å². The van der Waals surface area contributed by atoms with Gasteiger partial charge in [-0.2, -0.15) is 4.98 Å². The van der Waals surface area contributed by atoms with Gasteiger partial charge in [0.15, 0.2) is 11.8 Å². The summed E-state index contributed by atoms with van der Waals surface area (Å²) in [6, 6.07) is 10.6. The van der Waals surface area contributed by atoms with Crippen molar-refractivity contribution in [2.45, 2.75) is 46.1 Å². The first kappa shape index (κ1) is 23.2. The summed E-state index contributed by atoms with van der Waals surface area (Å²) in [5.74, 6) is 2.52. The van der Waals surface area contributed by atoms with E-state index in [1.807, 2.05) is 0 Å². The molecule has 7 nitrogen and oxygen atoms in total. The number of nitrogens with zero attached hydrogens (tertiary/aromatic N) is 4. The lowest BCUT2D eigenvalue weighted by molar-refractivity contribution is 0.371. The van der Waals surface area contributed by atoms with E-state index in [0.29, 0.717) is 18.9 Å². The van der Waals surface area contributed by atoms with E-state index in [1.54, 1.807) is 0 Å². The van der Waals surface area contributed by atoms with Gasteiger partial charge in [-0.25, -0.2) is 0 Å². The van der Waals surface area contributed by atoms with Gasteiger partial charge in [-0.3, -0.25) is 4.99 Å². The third-order valence-electron chi connectivity index (χ3n) is 4.48. The summed E-state index contributed by atoms with van der Waals surface area (Å²) in [4.78, 5) is 9.07. The summed E-state index contributed by atoms with van der Waals surface area (Å²) in [7, 11) is 0. The van der Waals surface area contributed by atoms with Gasteiger partial charge in [0.05, 0.1) is 0 Å². The Morgan fingerprint density at radius 3 is 2.79 bits per heavy atom. The van der Waals surface area contributed by atoms with Crippen molar-refractivity contribution in [2.24, 2.45) is 4.99 Å². The summed E-state index contributed by atoms with van der Waals surface area (Å²) in [5, 5.41) is 11.9. The van der Waals surface area contributed by atoms with Gasteiger partial charge in [0.1, 0.15) is 0 Å². The lowest BCUT2D eigenvalue weighted by Crippen LogP contribution is -2.38. The molecular weight excluding hydrogens is 479 g/mol. The van der Waals surface area contributed by atoms with E-state index in [-0.39, 0.29) is 29.9 Å². The Balaban J connectivity index is 0.00000300. The fourth-order valence-corrected chi connectivity index (χ4v) is 3.00. The molecule has 3 rings (SSSR count). The molecule has 0 aliphatic carbocycles. The molecule has 0 amide bonds. The molecule has 2 N–H and O–H groups in total. The van der Waals surface area contributed by atoms with Crippen LogP contribution >= 0.6 is 24.0 Å². The van der Waals surface area contributed by atoms with Crippen LogP contribution in [0.5, 0.6) is 0 Å². The van der Waals surface area contributed by atoms with Crippen LogP contribution in [0.2, 0.25) is 0 Å². The minimum atomic E-state index is 0. The average molecular weight is 510 g/mol. The molecule has 0 spiro atoms. The number of aromatic nitrogens is 3. The van der Waals surface area contributed by atoms with Crippen molar-refractivity contribution in [3.05, 3.63) is 48.2 Å². The molecule has 0 fully saturated rings. The van der Waals surface area contributed by atoms with E-state index >= 15 is 0 Å². The highest BCUT2D eigenvalue weighted by atomic mass is 127. The van der Waals surface area contributed by atoms with Crippen molar-refractivity contribution in [1.29, 1.82) is 0 Å². The van der Waals surface area contributed by atoms with Crippen LogP contribution in [0, 0.1) is 0 Å². The number of fused-ring (bicyclic) bond motifs is 1. The molecule has 0 unspecified atom stereocenters. The van der Waals surface area contributed by atoms with Crippen LogP contribution in [0.4, 0.5) is 0 Å². The third-order valence-corrected chi connectivity index (χ3v) is 4.48. The molecule has 8 heteroatoms. The second-order valence-corrected chi connectivity index (χ2v) is 7.06. The topological polar surface area (TPSA) is 80.3 Å². The third kappa shape index (κ3) is 6.73. The summed E-state index contributed by atoms with van der Waals surface area (Å²) in [5.41, 5.74) is 1.27. The minimum Gasteiger partial charge on any atom is -0.357 e. The van der Waals surface area contributed by atoms with Crippen LogP contribution in [0.25, 0.3) is 10.9 Å². The summed E-state index contributed by atoms with van der Waals surface area (Å²) in [6.07, 6.45) is 3.81. The highest BCUT2D eigenvalue weighted by Gasteiger charge is 2.09. The Morgan fingerprint density at radius 1 is 1.21 bits per heavy atom. The van der Waals surface area contributed by atoms with Crippen molar-refractivity contribution in [1.82, 2.24) is 25.3 Å². The summed E-state index contributed by atoms with van der Waals surface area (Å²) in [6.45, 7) is 9.42. The number of aliphatic imine (C=N–C) groups is 1. The zero-order valence-corrected chi connectivity index (χ0v) is 19.7. The van der Waals surface area contributed by atoms with Crippen molar-refractivity contribution in [3.63, 3.8) is 0 Å². The molecule has 0 atom stereocenters. The number of hydrogen-bond donors (Lipinski definition) is 2. The Hall–Kier alpha value is -2.10. The lowest BCUT2D eigenvalue weighted by atomic mass is 10.2. The Bertz CT molecular complexity index is 901. The van der Waals surface area contributed by atoms with E-state index in [9.17, 15) is 0 Å². The molecule has 3 aromatic rings. The molecular formula is C21H31IN6O. The molecule has 1 aromatic carbocycles. The van der Waals surface area contributed by atoms with Crippen molar-refractivity contribution in [2.75, 3.05) is 19.6 Å². The lowest BCUT2D eigenvalue weighted by Gasteiger charge is -2.10. The van der Waals surface area contributed by atoms with E-state index in [1.165, 1.54) is 10.9 Å². The number of benzene rings is 1. The molecule has 29 heavy (non-hydrogen) atoms. The first-order chi connectivity index (χ1) is 13.7. The van der Waals surface area contributed by atoms with Crippen LogP contribution in [-0.4, -0.2) is 40.3 Å². The van der Waals surface area contributed by atoms with Crippen LogP contribution in [0.15, 0.2) is 46.0 Å². The van der Waals surface area contributed by atoms with E-state index in [0.717, 1.165) is 37.8 Å².